The van der Waals surface area contributed by atoms with E-state index in [1.165, 1.54) is 6.20 Å². The van der Waals surface area contributed by atoms with Crippen LogP contribution in [0, 0.1) is 0 Å². The predicted octanol–water partition coefficient (Wildman–Crippen LogP) is 1.95. The van der Waals surface area contributed by atoms with E-state index in [-0.39, 0.29) is 18.2 Å². The number of carbonyl (C=O) groups excluding carboxylic acids is 2. The second kappa shape index (κ2) is 10.7. The summed E-state index contributed by atoms with van der Waals surface area (Å²) in [5, 5.41) is 6.78. The Morgan fingerprint density at radius 1 is 1.14 bits per heavy atom. The topological polar surface area (TPSA) is 102 Å². The molecule has 0 unspecified atom stereocenters. The first-order chi connectivity index (χ1) is 13.5. The summed E-state index contributed by atoms with van der Waals surface area (Å²) in [4.78, 5) is 27.8. The van der Waals surface area contributed by atoms with E-state index < -0.39 is 0 Å². The van der Waals surface area contributed by atoms with Crippen molar-refractivity contribution in [2.24, 2.45) is 5.10 Å². The molecule has 1 heterocycles. The summed E-state index contributed by atoms with van der Waals surface area (Å²) in [6.45, 7) is 2.15. The molecule has 0 atom stereocenters. The summed E-state index contributed by atoms with van der Waals surface area (Å²) >= 11 is 0. The van der Waals surface area contributed by atoms with Crippen LogP contribution in [-0.4, -0.2) is 43.3 Å². The third-order valence-electron chi connectivity index (χ3n) is 3.87. The smallest absolute Gasteiger partial charge is 0.272 e. The number of hydrazone groups is 1. The number of hydrogen-bond acceptors (Lipinski definition) is 6. The van der Waals surface area contributed by atoms with E-state index in [2.05, 4.69) is 20.8 Å². The Bertz CT molecular complexity index is 837. The maximum absolute atomic E-state index is 12.0. The van der Waals surface area contributed by atoms with Gasteiger partial charge in [-0.1, -0.05) is 6.07 Å². The summed E-state index contributed by atoms with van der Waals surface area (Å²) < 4.78 is 10.5. The Kier molecular flexibility index (Phi) is 7.95. The number of nitrogens with zero attached hydrogens (tertiary/aromatic N) is 2. The van der Waals surface area contributed by atoms with Crippen molar-refractivity contribution < 1.29 is 19.1 Å². The van der Waals surface area contributed by atoms with Crippen LogP contribution in [0.3, 0.4) is 0 Å². The molecule has 0 saturated carbocycles. The van der Waals surface area contributed by atoms with E-state index in [0.717, 1.165) is 5.56 Å². The lowest BCUT2D eigenvalue weighted by molar-refractivity contribution is -0.119. The third kappa shape index (κ3) is 6.39. The molecule has 2 amide bonds. The van der Waals surface area contributed by atoms with Gasteiger partial charge < -0.3 is 14.8 Å². The number of ether oxygens (including phenoxy) is 2. The van der Waals surface area contributed by atoms with Crippen LogP contribution in [0.15, 0.2) is 47.8 Å². The number of aromatic nitrogens is 1. The van der Waals surface area contributed by atoms with Gasteiger partial charge in [-0.15, -0.1) is 0 Å². The minimum absolute atomic E-state index is 0.0965. The Labute approximate surface area is 164 Å². The van der Waals surface area contributed by atoms with Crippen molar-refractivity contribution in [3.63, 3.8) is 0 Å². The van der Waals surface area contributed by atoms with Gasteiger partial charge in [0.25, 0.3) is 5.91 Å². The van der Waals surface area contributed by atoms with E-state index in [0.29, 0.717) is 35.7 Å². The molecule has 2 N–H and O–H groups in total. The number of nitrogens with one attached hydrogen (secondary N) is 2. The van der Waals surface area contributed by atoms with Crippen LogP contribution in [0.5, 0.6) is 11.5 Å². The summed E-state index contributed by atoms with van der Waals surface area (Å²) in [5.74, 6) is 0.771. The Morgan fingerprint density at radius 3 is 2.61 bits per heavy atom. The maximum Gasteiger partial charge on any atom is 0.272 e. The molecule has 28 heavy (non-hydrogen) atoms. The minimum Gasteiger partial charge on any atom is -0.493 e. The highest BCUT2D eigenvalue weighted by atomic mass is 16.5. The van der Waals surface area contributed by atoms with E-state index >= 15 is 0 Å². The minimum atomic E-state index is -0.374. The fraction of sp³-hybridized carbons (Fsp3) is 0.300. The molecule has 148 valence electrons. The first-order valence-electron chi connectivity index (χ1n) is 8.74. The first kappa shape index (κ1) is 20.9. The molecule has 1 aromatic heterocycles. The molecule has 8 nitrogen and oxygen atoms in total. The lowest BCUT2D eigenvalue weighted by Crippen LogP contribution is -2.28. The standard InChI is InChI=1S/C20H24N4O4/c1-14(23-24-20(26)16-5-4-9-21-13-16)11-19(25)22-10-8-15-6-7-17(27-2)18(12-15)28-3/h4-7,9,12-13H,8,10-11H2,1-3H3,(H,22,25)(H,24,26). The second-order valence-corrected chi connectivity index (χ2v) is 6.00. The zero-order valence-corrected chi connectivity index (χ0v) is 16.2. The summed E-state index contributed by atoms with van der Waals surface area (Å²) in [6, 6.07) is 8.93. The summed E-state index contributed by atoms with van der Waals surface area (Å²) in [6.07, 6.45) is 3.78. The van der Waals surface area contributed by atoms with Crippen LogP contribution in [0.25, 0.3) is 0 Å². The van der Waals surface area contributed by atoms with Gasteiger partial charge in [0.05, 0.1) is 26.2 Å². The highest BCUT2D eigenvalue weighted by Gasteiger charge is 2.08. The van der Waals surface area contributed by atoms with E-state index in [4.69, 9.17) is 9.47 Å². The largest absolute Gasteiger partial charge is 0.493 e. The van der Waals surface area contributed by atoms with Crippen LogP contribution in [0.2, 0.25) is 0 Å². The lowest BCUT2D eigenvalue weighted by atomic mass is 10.1. The van der Waals surface area contributed by atoms with Crippen LogP contribution in [0.4, 0.5) is 0 Å². The van der Waals surface area contributed by atoms with E-state index in [9.17, 15) is 9.59 Å². The Hall–Kier alpha value is -3.42. The number of benzene rings is 1. The zero-order valence-electron chi connectivity index (χ0n) is 16.2. The van der Waals surface area contributed by atoms with Crippen molar-refractivity contribution in [3.8, 4) is 11.5 Å². The van der Waals surface area contributed by atoms with Gasteiger partial charge in [-0.05, 0) is 43.2 Å². The first-order valence-corrected chi connectivity index (χ1v) is 8.74. The maximum atomic E-state index is 12.0. The van der Waals surface area contributed by atoms with Crippen LogP contribution < -0.4 is 20.2 Å². The summed E-state index contributed by atoms with van der Waals surface area (Å²) in [7, 11) is 3.17. The van der Waals surface area contributed by atoms with Crippen LogP contribution in [0.1, 0.15) is 29.3 Å². The quantitative estimate of drug-likeness (QED) is 0.508. The van der Waals surface area contributed by atoms with Crippen molar-refractivity contribution in [1.29, 1.82) is 0 Å². The predicted molar refractivity (Wildman–Crippen MR) is 106 cm³/mol. The van der Waals surface area contributed by atoms with E-state index in [1.54, 1.807) is 39.5 Å². The average Bonchev–Trinajstić information content (AvgIpc) is 2.72. The third-order valence-corrected chi connectivity index (χ3v) is 3.87. The molecule has 0 aliphatic heterocycles. The number of methoxy groups -OCH3 is 2. The molecule has 0 fully saturated rings. The molecule has 0 aliphatic rings. The van der Waals surface area contributed by atoms with Crippen LogP contribution in [-0.2, 0) is 11.2 Å². The van der Waals surface area contributed by atoms with Gasteiger partial charge in [-0.3, -0.25) is 14.6 Å². The number of amides is 2. The van der Waals surface area contributed by atoms with Crippen LogP contribution >= 0.6 is 0 Å². The highest BCUT2D eigenvalue weighted by molar-refractivity contribution is 6.01. The fourth-order valence-electron chi connectivity index (χ4n) is 2.42. The molecule has 2 rings (SSSR count). The number of hydrogen-bond donors (Lipinski definition) is 2. The van der Waals surface area contributed by atoms with Gasteiger partial charge >= 0.3 is 0 Å². The fourth-order valence-corrected chi connectivity index (χ4v) is 2.42. The molecule has 0 saturated heterocycles. The lowest BCUT2D eigenvalue weighted by Gasteiger charge is -2.10. The van der Waals surface area contributed by atoms with Gasteiger partial charge in [0, 0.05) is 24.7 Å². The molecule has 8 heteroatoms. The van der Waals surface area contributed by atoms with Crippen molar-refractivity contribution in [2.75, 3.05) is 20.8 Å². The normalized spacial score (nSPS) is 10.9. The molecule has 0 radical (unpaired) electrons. The van der Waals surface area contributed by atoms with E-state index in [1.807, 2.05) is 18.2 Å². The molecule has 0 aliphatic carbocycles. The number of rotatable bonds is 9. The Morgan fingerprint density at radius 2 is 1.93 bits per heavy atom. The molecule has 1 aromatic carbocycles. The average molecular weight is 384 g/mol. The molecule has 0 spiro atoms. The molecular weight excluding hydrogens is 360 g/mol. The monoisotopic (exact) mass is 384 g/mol. The van der Waals surface area contributed by atoms with Gasteiger partial charge in [0.2, 0.25) is 5.91 Å². The van der Waals surface area contributed by atoms with Gasteiger partial charge in [0.15, 0.2) is 11.5 Å². The Balaban J connectivity index is 1.76. The van der Waals surface area contributed by atoms with Crippen molar-refractivity contribution in [1.82, 2.24) is 15.7 Å². The molecule has 0 bridgehead atoms. The number of carbonyl (C=O) groups is 2. The van der Waals surface area contributed by atoms with Gasteiger partial charge in [0.1, 0.15) is 0 Å². The highest BCUT2D eigenvalue weighted by Crippen LogP contribution is 2.27. The summed E-state index contributed by atoms with van der Waals surface area (Å²) in [5.41, 5.74) is 4.34. The van der Waals surface area contributed by atoms with Gasteiger partial charge in [-0.25, -0.2) is 5.43 Å². The zero-order chi connectivity index (χ0) is 20.4. The second-order valence-electron chi connectivity index (χ2n) is 6.00. The number of pyridine rings is 1. The molecule has 2 aromatic rings. The SMILES string of the molecule is COc1ccc(CCNC(=O)CC(C)=NNC(=O)c2cccnc2)cc1OC. The van der Waals surface area contributed by atoms with Crippen molar-refractivity contribution >= 4 is 17.5 Å². The van der Waals surface area contributed by atoms with Crippen molar-refractivity contribution in [2.45, 2.75) is 19.8 Å². The molecular formula is C20H24N4O4. The van der Waals surface area contributed by atoms with Crippen molar-refractivity contribution in [3.05, 3.63) is 53.9 Å². The van der Waals surface area contributed by atoms with Gasteiger partial charge in [-0.2, -0.15) is 5.10 Å².